The molecular weight excluding hydrogens is 355 g/mol. The Kier molecular flexibility index (Phi) is 4.68. The van der Waals surface area contributed by atoms with E-state index in [-0.39, 0.29) is 5.02 Å². The second-order valence-corrected chi connectivity index (χ2v) is 5.93. The lowest BCUT2D eigenvalue weighted by atomic mass is 10.2. The number of alkyl halides is 3. The summed E-state index contributed by atoms with van der Waals surface area (Å²) in [6.45, 7) is 2.36. The van der Waals surface area contributed by atoms with E-state index in [9.17, 15) is 13.2 Å². The minimum absolute atomic E-state index is 0.0141. The molecule has 3 rings (SSSR count). The fourth-order valence-corrected chi connectivity index (χ4v) is 2.89. The molecule has 5 nitrogen and oxygen atoms in total. The molecule has 0 aromatic carbocycles. The summed E-state index contributed by atoms with van der Waals surface area (Å²) in [6, 6.07) is 6.39. The molecule has 0 radical (unpaired) electrons. The molecule has 1 saturated heterocycles. The standard InChI is InChI=1S/C16H13ClF3N5/c17-13-7-12(16(18,19)20)10-23-15(13)25-5-3-24(4-6-25)14-2-1-11(8-21)9-22-14/h1-2,7,9-10H,3-6H2. The molecule has 130 valence electrons. The van der Waals surface area contributed by atoms with Gasteiger partial charge < -0.3 is 9.80 Å². The monoisotopic (exact) mass is 367 g/mol. The molecule has 25 heavy (non-hydrogen) atoms. The van der Waals surface area contributed by atoms with E-state index in [0.717, 1.165) is 18.1 Å². The van der Waals surface area contributed by atoms with E-state index >= 15 is 0 Å². The van der Waals surface area contributed by atoms with Gasteiger partial charge in [-0.15, -0.1) is 0 Å². The van der Waals surface area contributed by atoms with E-state index in [4.69, 9.17) is 16.9 Å². The third kappa shape index (κ3) is 3.77. The maximum absolute atomic E-state index is 12.7. The van der Waals surface area contributed by atoms with Gasteiger partial charge in [-0.2, -0.15) is 18.4 Å². The molecule has 0 aliphatic carbocycles. The van der Waals surface area contributed by atoms with Crippen molar-refractivity contribution in [3.63, 3.8) is 0 Å². The first kappa shape index (κ1) is 17.3. The molecule has 2 aromatic heterocycles. The number of pyridine rings is 2. The van der Waals surface area contributed by atoms with Gasteiger partial charge in [0.1, 0.15) is 17.7 Å². The number of halogens is 4. The zero-order valence-corrected chi connectivity index (χ0v) is 13.7. The van der Waals surface area contributed by atoms with Crippen molar-refractivity contribution in [2.75, 3.05) is 36.0 Å². The zero-order valence-electron chi connectivity index (χ0n) is 13.0. The molecule has 2 aromatic rings. The smallest absolute Gasteiger partial charge is 0.353 e. The Bertz CT molecular complexity index is 793. The van der Waals surface area contributed by atoms with Crippen molar-refractivity contribution in [1.82, 2.24) is 9.97 Å². The highest BCUT2D eigenvalue weighted by molar-refractivity contribution is 6.33. The Morgan fingerprint density at radius 3 is 2.24 bits per heavy atom. The molecule has 1 fully saturated rings. The van der Waals surface area contributed by atoms with Crippen LogP contribution in [0.2, 0.25) is 5.02 Å². The van der Waals surface area contributed by atoms with Crippen molar-refractivity contribution in [1.29, 1.82) is 5.26 Å². The molecular formula is C16H13ClF3N5. The van der Waals surface area contributed by atoms with Crippen LogP contribution >= 0.6 is 11.6 Å². The molecule has 0 spiro atoms. The first-order valence-electron chi connectivity index (χ1n) is 7.47. The van der Waals surface area contributed by atoms with E-state index in [1.54, 1.807) is 12.1 Å². The van der Waals surface area contributed by atoms with Crippen LogP contribution in [0.1, 0.15) is 11.1 Å². The SMILES string of the molecule is N#Cc1ccc(N2CCN(c3ncc(C(F)(F)F)cc3Cl)CC2)nc1. The van der Waals surface area contributed by atoms with Gasteiger partial charge in [-0.25, -0.2) is 9.97 Å². The lowest BCUT2D eigenvalue weighted by Crippen LogP contribution is -2.47. The number of hydrogen-bond donors (Lipinski definition) is 0. The average Bonchev–Trinajstić information content (AvgIpc) is 2.61. The number of nitriles is 1. The lowest BCUT2D eigenvalue weighted by molar-refractivity contribution is -0.137. The summed E-state index contributed by atoms with van der Waals surface area (Å²) in [5.74, 6) is 1.10. The maximum Gasteiger partial charge on any atom is 0.417 e. The van der Waals surface area contributed by atoms with Gasteiger partial charge in [0, 0.05) is 38.6 Å². The van der Waals surface area contributed by atoms with Crippen molar-refractivity contribution in [3.8, 4) is 6.07 Å². The van der Waals surface area contributed by atoms with Gasteiger partial charge in [-0.1, -0.05) is 11.6 Å². The number of aromatic nitrogens is 2. The molecule has 1 aliphatic heterocycles. The lowest BCUT2D eigenvalue weighted by Gasteiger charge is -2.36. The summed E-state index contributed by atoms with van der Waals surface area (Å²) in [4.78, 5) is 12.0. The van der Waals surface area contributed by atoms with Gasteiger partial charge >= 0.3 is 6.18 Å². The first-order chi connectivity index (χ1) is 11.9. The highest BCUT2D eigenvalue weighted by Gasteiger charge is 2.32. The van der Waals surface area contributed by atoms with Crippen LogP contribution < -0.4 is 9.80 Å². The van der Waals surface area contributed by atoms with Crippen LogP contribution in [0.4, 0.5) is 24.8 Å². The largest absolute Gasteiger partial charge is 0.417 e. The fourth-order valence-electron chi connectivity index (χ4n) is 2.61. The van der Waals surface area contributed by atoms with E-state index < -0.39 is 11.7 Å². The van der Waals surface area contributed by atoms with Gasteiger partial charge in [-0.3, -0.25) is 0 Å². The number of anilines is 2. The van der Waals surface area contributed by atoms with E-state index in [0.29, 0.717) is 37.6 Å². The minimum Gasteiger partial charge on any atom is -0.353 e. The van der Waals surface area contributed by atoms with E-state index in [1.807, 2.05) is 15.9 Å². The fraction of sp³-hybridized carbons (Fsp3) is 0.312. The second-order valence-electron chi connectivity index (χ2n) is 5.52. The molecule has 0 unspecified atom stereocenters. The molecule has 9 heteroatoms. The summed E-state index contributed by atoms with van der Waals surface area (Å²) in [7, 11) is 0. The van der Waals surface area contributed by atoms with Crippen LogP contribution in [0.15, 0.2) is 30.6 Å². The highest BCUT2D eigenvalue weighted by atomic mass is 35.5. The van der Waals surface area contributed by atoms with Gasteiger partial charge in [0.15, 0.2) is 0 Å². The molecule has 1 aliphatic rings. The average molecular weight is 368 g/mol. The summed E-state index contributed by atoms with van der Waals surface area (Å²) in [6.07, 6.45) is -2.15. The van der Waals surface area contributed by atoms with Gasteiger partial charge in [0.05, 0.1) is 16.1 Å². The van der Waals surface area contributed by atoms with Gasteiger partial charge in [0.25, 0.3) is 0 Å². The minimum atomic E-state index is -4.46. The second kappa shape index (κ2) is 6.76. The van der Waals surface area contributed by atoms with E-state index in [2.05, 4.69) is 9.97 Å². The number of rotatable bonds is 2. The van der Waals surface area contributed by atoms with Crippen molar-refractivity contribution < 1.29 is 13.2 Å². The quantitative estimate of drug-likeness (QED) is 0.814. The van der Waals surface area contributed by atoms with Crippen LogP contribution in [0, 0.1) is 11.3 Å². The van der Waals surface area contributed by atoms with Gasteiger partial charge in [-0.05, 0) is 18.2 Å². The molecule has 0 saturated carbocycles. The van der Waals surface area contributed by atoms with Crippen LogP contribution in [0.3, 0.4) is 0 Å². The van der Waals surface area contributed by atoms with Crippen molar-refractivity contribution >= 4 is 23.2 Å². The molecule has 3 heterocycles. The van der Waals surface area contributed by atoms with Crippen molar-refractivity contribution in [3.05, 3.63) is 46.7 Å². The predicted octanol–water partition coefficient (Wildman–Crippen LogP) is 3.35. The molecule has 0 atom stereocenters. The summed E-state index contributed by atoms with van der Waals surface area (Å²) >= 11 is 5.99. The zero-order chi connectivity index (χ0) is 18.0. The Morgan fingerprint density at radius 2 is 1.72 bits per heavy atom. The third-order valence-electron chi connectivity index (χ3n) is 3.93. The third-order valence-corrected chi connectivity index (χ3v) is 4.21. The maximum atomic E-state index is 12.7. The highest BCUT2D eigenvalue weighted by Crippen LogP contribution is 2.33. The van der Waals surface area contributed by atoms with Gasteiger partial charge in [0.2, 0.25) is 0 Å². The number of piperazine rings is 1. The number of nitrogens with zero attached hydrogens (tertiary/aromatic N) is 5. The Balaban J connectivity index is 1.69. The Morgan fingerprint density at radius 1 is 1.04 bits per heavy atom. The van der Waals surface area contributed by atoms with E-state index in [1.165, 1.54) is 6.20 Å². The Labute approximate surface area is 147 Å². The normalized spacial score (nSPS) is 15.2. The molecule has 0 amide bonds. The van der Waals surface area contributed by atoms with Crippen molar-refractivity contribution in [2.45, 2.75) is 6.18 Å². The van der Waals surface area contributed by atoms with Crippen LogP contribution in [0.5, 0.6) is 0 Å². The van der Waals surface area contributed by atoms with Crippen LogP contribution in [-0.2, 0) is 6.18 Å². The summed E-state index contributed by atoms with van der Waals surface area (Å²) in [5.41, 5.74) is -0.371. The Hall–Kier alpha value is -2.53. The summed E-state index contributed by atoms with van der Waals surface area (Å²) < 4.78 is 38.1. The van der Waals surface area contributed by atoms with Crippen LogP contribution in [0.25, 0.3) is 0 Å². The van der Waals surface area contributed by atoms with Crippen LogP contribution in [-0.4, -0.2) is 36.1 Å². The summed E-state index contributed by atoms with van der Waals surface area (Å²) in [5, 5.41) is 8.78. The molecule has 0 N–H and O–H groups in total. The first-order valence-corrected chi connectivity index (χ1v) is 7.85. The number of hydrogen-bond acceptors (Lipinski definition) is 5. The topological polar surface area (TPSA) is 56.1 Å². The predicted molar refractivity (Wildman–Crippen MR) is 87.6 cm³/mol. The molecule has 0 bridgehead atoms. The van der Waals surface area contributed by atoms with Crippen molar-refractivity contribution in [2.24, 2.45) is 0 Å².